The van der Waals surface area contributed by atoms with Crippen LogP contribution in [0.25, 0.3) is 0 Å². The number of carbonyl (C=O) groups excluding carboxylic acids is 1. The van der Waals surface area contributed by atoms with Gasteiger partial charge in [0.25, 0.3) is 5.91 Å². The van der Waals surface area contributed by atoms with Crippen molar-refractivity contribution in [2.24, 2.45) is 16.0 Å². The first-order valence-electron chi connectivity index (χ1n) is 8.79. The molecule has 7 nitrogen and oxygen atoms in total. The molecule has 0 aromatic rings. The third-order valence-corrected chi connectivity index (χ3v) is 5.45. The quantitative estimate of drug-likeness (QED) is 0.740. The first-order valence-corrected chi connectivity index (χ1v) is 9.17. The van der Waals surface area contributed by atoms with Crippen LogP contribution in [0, 0.1) is 5.92 Å². The van der Waals surface area contributed by atoms with Crippen LogP contribution in [0.1, 0.15) is 26.7 Å². The monoisotopic (exact) mass is 379 g/mol. The van der Waals surface area contributed by atoms with Crippen molar-refractivity contribution in [3.8, 4) is 0 Å². The number of amides is 1. The fourth-order valence-corrected chi connectivity index (χ4v) is 3.60. The molecule has 0 saturated carbocycles. The van der Waals surface area contributed by atoms with Crippen molar-refractivity contribution in [3.05, 3.63) is 22.8 Å². The topological polar surface area (TPSA) is 72.8 Å². The van der Waals surface area contributed by atoms with Gasteiger partial charge in [-0.05, 0) is 32.4 Å². The number of nitrogens with zero attached hydrogens (tertiary/aromatic N) is 4. The smallest absolute Gasteiger partial charge is 0.272 e. The lowest BCUT2D eigenvalue weighted by molar-refractivity contribution is -0.127. The standard InChI is InChI=1S/C18H26ClN5O2/c1-11-8-13(19)7-6-12(11)9-15-21-14(10-23(4)22-15)16(25)24(5)18(2)17(20-3)26-18/h6-7,11,17,20H,8-10H2,1-5H3. The lowest BCUT2D eigenvalue weighted by Crippen LogP contribution is -2.48. The Morgan fingerprint density at radius 2 is 2.27 bits per heavy atom. The molecule has 3 atom stereocenters. The zero-order valence-corrected chi connectivity index (χ0v) is 16.7. The van der Waals surface area contributed by atoms with Crippen LogP contribution in [0.15, 0.2) is 32.9 Å². The maximum Gasteiger partial charge on any atom is 0.272 e. The average Bonchev–Trinajstić information content (AvgIpc) is 3.27. The van der Waals surface area contributed by atoms with Gasteiger partial charge in [-0.25, -0.2) is 4.99 Å². The average molecular weight is 380 g/mol. The number of allylic oxidation sites excluding steroid dienone is 3. The largest absolute Gasteiger partial charge is 0.328 e. The Bertz CT molecular complexity index is 729. The molecule has 1 amide bonds. The molecule has 8 heteroatoms. The van der Waals surface area contributed by atoms with Crippen molar-refractivity contribution in [2.75, 3.05) is 27.7 Å². The van der Waals surface area contributed by atoms with Crippen LogP contribution < -0.4 is 5.32 Å². The molecular weight excluding hydrogens is 354 g/mol. The molecule has 2 aliphatic heterocycles. The van der Waals surface area contributed by atoms with Gasteiger partial charge in [0.05, 0.1) is 6.54 Å². The molecule has 1 saturated heterocycles. The van der Waals surface area contributed by atoms with Crippen molar-refractivity contribution in [2.45, 2.75) is 38.6 Å². The van der Waals surface area contributed by atoms with Crippen molar-refractivity contribution < 1.29 is 9.53 Å². The highest BCUT2D eigenvalue weighted by Crippen LogP contribution is 2.36. The Labute approximate surface area is 159 Å². The minimum atomic E-state index is -0.635. The second-order valence-electron chi connectivity index (χ2n) is 7.23. The summed E-state index contributed by atoms with van der Waals surface area (Å²) in [6.45, 7) is 4.41. The summed E-state index contributed by atoms with van der Waals surface area (Å²) in [5.41, 5.74) is 1.06. The van der Waals surface area contributed by atoms with Gasteiger partial charge in [-0.15, -0.1) is 0 Å². The maximum absolute atomic E-state index is 12.9. The SMILES string of the molecule is CNC1OC1(C)N(C)C(=O)C1=NC(CC2=CC=C(Cl)CC2C)=NN(C)C1. The molecule has 3 rings (SSSR count). The van der Waals surface area contributed by atoms with E-state index in [2.05, 4.69) is 22.3 Å². The van der Waals surface area contributed by atoms with Crippen molar-refractivity contribution >= 4 is 29.1 Å². The first-order chi connectivity index (χ1) is 12.2. The van der Waals surface area contributed by atoms with E-state index in [4.69, 9.17) is 16.3 Å². The van der Waals surface area contributed by atoms with Crippen molar-refractivity contribution in [1.82, 2.24) is 15.2 Å². The molecule has 26 heavy (non-hydrogen) atoms. The van der Waals surface area contributed by atoms with Crippen LogP contribution in [0.4, 0.5) is 0 Å². The zero-order valence-electron chi connectivity index (χ0n) is 15.9. The minimum absolute atomic E-state index is 0.141. The van der Waals surface area contributed by atoms with Crippen LogP contribution in [-0.2, 0) is 9.53 Å². The van der Waals surface area contributed by atoms with Gasteiger partial charge in [-0.1, -0.05) is 30.2 Å². The van der Waals surface area contributed by atoms with E-state index in [1.807, 2.05) is 33.2 Å². The predicted molar refractivity (Wildman–Crippen MR) is 103 cm³/mol. The summed E-state index contributed by atoms with van der Waals surface area (Å²) in [6.07, 6.45) is 5.25. The van der Waals surface area contributed by atoms with Crippen LogP contribution in [-0.4, -0.2) is 67.0 Å². The summed E-state index contributed by atoms with van der Waals surface area (Å²) >= 11 is 6.10. The molecule has 3 aliphatic rings. The summed E-state index contributed by atoms with van der Waals surface area (Å²) in [6, 6.07) is 0. The number of aliphatic imine (C=N–C) groups is 1. The third kappa shape index (κ3) is 3.70. The number of carbonyl (C=O) groups is 1. The molecule has 2 heterocycles. The van der Waals surface area contributed by atoms with E-state index in [-0.39, 0.29) is 12.1 Å². The number of hydrogen-bond acceptors (Lipinski definition) is 6. The maximum atomic E-state index is 12.9. The molecule has 142 valence electrons. The normalized spacial score (nSPS) is 30.9. The van der Waals surface area contributed by atoms with Gasteiger partial charge >= 0.3 is 0 Å². The van der Waals surface area contributed by atoms with E-state index in [9.17, 15) is 4.79 Å². The Balaban J connectivity index is 1.75. The number of hydrogen-bond donors (Lipinski definition) is 1. The van der Waals surface area contributed by atoms with Gasteiger partial charge in [-0.2, -0.15) is 5.10 Å². The van der Waals surface area contributed by atoms with Crippen molar-refractivity contribution in [3.63, 3.8) is 0 Å². The summed E-state index contributed by atoms with van der Waals surface area (Å²) in [5.74, 6) is 0.847. The highest BCUT2D eigenvalue weighted by molar-refractivity contribution is 6.41. The van der Waals surface area contributed by atoms with Gasteiger partial charge in [0.1, 0.15) is 5.71 Å². The number of ether oxygens (including phenoxy) is 1. The van der Waals surface area contributed by atoms with Gasteiger partial charge in [0, 0.05) is 25.5 Å². The lowest BCUT2D eigenvalue weighted by atomic mass is 9.90. The summed E-state index contributed by atoms with van der Waals surface area (Å²) in [4.78, 5) is 19.1. The van der Waals surface area contributed by atoms with Crippen LogP contribution >= 0.6 is 11.6 Å². The van der Waals surface area contributed by atoms with Crippen molar-refractivity contribution in [1.29, 1.82) is 0 Å². The number of amidine groups is 1. The Kier molecular flexibility index (Phi) is 5.23. The highest BCUT2D eigenvalue weighted by Gasteiger charge is 2.57. The van der Waals surface area contributed by atoms with E-state index in [1.54, 1.807) is 17.0 Å². The summed E-state index contributed by atoms with van der Waals surface area (Å²) < 4.78 is 5.59. The molecule has 1 fully saturated rings. The van der Waals surface area contributed by atoms with E-state index in [0.29, 0.717) is 30.4 Å². The second kappa shape index (κ2) is 7.13. The fourth-order valence-electron chi connectivity index (χ4n) is 3.30. The van der Waals surface area contributed by atoms with Gasteiger partial charge in [0.15, 0.2) is 17.8 Å². The number of likely N-dealkylation sites (N-methyl/N-ethyl adjacent to an activating group) is 2. The summed E-state index contributed by atoms with van der Waals surface area (Å²) in [7, 11) is 5.40. The lowest BCUT2D eigenvalue weighted by Gasteiger charge is -2.27. The number of rotatable bonds is 5. The molecule has 0 radical (unpaired) electrons. The van der Waals surface area contributed by atoms with E-state index >= 15 is 0 Å². The van der Waals surface area contributed by atoms with E-state index in [1.165, 1.54) is 5.57 Å². The summed E-state index contributed by atoms with van der Waals surface area (Å²) in [5, 5.41) is 10.1. The molecule has 0 spiro atoms. The highest BCUT2D eigenvalue weighted by atomic mass is 35.5. The number of halogens is 1. The molecule has 1 aliphatic carbocycles. The zero-order chi connectivity index (χ0) is 19.1. The predicted octanol–water partition coefficient (Wildman–Crippen LogP) is 1.92. The Morgan fingerprint density at radius 3 is 2.88 bits per heavy atom. The van der Waals surface area contributed by atoms with Crippen LogP contribution in [0.3, 0.4) is 0 Å². The molecule has 1 N–H and O–H groups in total. The molecular formula is C18H26ClN5O2. The molecule has 0 aromatic carbocycles. The minimum Gasteiger partial charge on any atom is -0.328 e. The van der Waals surface area contributed by atoms with Gasteiger partial charge < -0.3 is 9.64 Å². The fraction of sp³-hybridized carbons (Fsp3) is 0.611. The number of epoxide rings is 1. The van der Waals surface area contributed by atoms with Crippen LogP contribution in [0.5, 0.6) is 0 Å². The second-order valence-corrected chi connectivity index (χ2v) is 7.72. The Hall–Kier alpha value is -1.70. The third-order valence-electron chi connectivity index (χ3n) is 5.17. The first kappa shape index (κ1) is 19.1. The van der Waals surface area contributed by atoms with Crippen LogP contribution in [0.2, 0.25) is 0 Å². The van der Waals surface area contributed by atoms with Gasteiger partial charge in [0.2, 0.25) is 0 Å². The van der Waals surface area contributed by atoms with Gasteiger partial charge in [-0.3, -0.25) is 15.1 Å². The number of nitrogens with one attached hydrogen (secondary N) is 1. The molecule has 3 unspecified atom stereocenters. The number of hydrazone groups is 1. The Morgan fingerprint density at radius 1 is 1.54 bits per heavy atom. The molecule has 0 bridgehead atoms. The van der Waals surface area contributed by atoms with E-state index < -0.39 is 5.72 Å². The molecule has 0 aromatic heterocycles. The van der Waals surface area contributed by atoms with E-state index in [0.717, 1.165) is 11.5 Å².